The first kappa shape index (κ1) is 18.6. The molecule has 3 heterocycles. The topological polar surface area (TPSA) is 118 Å². The van der Waals surface area contributed by atoms with Crippen molar-refractivity contribution >= 4 is 29.6 Å². The molecule has 9 nitrogen and oxygen atoms in total. The largest absolute Gasteiger partial charge is 0.444 e. The van der Waals surface area contributed by atoms with Gasteiger partial charge in [0.25, 0.3) is 5.91 Å². The van der Waals surface area contributed by atoms with Crippen LogP contribution in [0.5, 0.6) is 0 Å². The summed E-state index contributed by atoms with van der Waals surface area (Å²) >= 11 is 0. The first-order chi connectivity index (χ1) is 14.0. The molecule has 1 aromatic carbocycles. The molecule has 1 atom stereocenters. The number of aromatic nitrogens is 1. The zero-order valence-electron chi connectivity index (χ0n) is 15.4. The van der Waals surface area contributed by atoms with Crippen LogP contribution in [0.25, 0.3) is 0 Å². The Kier molecular flexibility index (Phi) is 4.94. The van der Waals surface area contributed by atoms with Crippen molar-refractivity contribution in [2.24, 2.45) is 0 Å². The molecule has 2 aliphatic heterocycles. The highest BCUT2D eigenvalue weighted by Crippen LogP contribution is 2.28. The van der Waals surface area contributed by atoms with Gasteiger partial charge in [-0.15, -0.1) is 0 Å². The fraction of sp³-hybridized carbons (Fsp3) is 0.250. The predicted molar refractivity (Wildman–Crippen MR) is 101 cm³/mol. The van der Waals surface area contributed by atoms with Gasteiger partial charge in [-0.25, -0.2) is 9.78 Å². The molecular weight excluding hydrogens is 376 g/mol. The standard InChI is InChI=1S/C20H18N4O5/c25-17-7-6-15(18(26)23-17)24-10-13-5-4-12(9-14(13)19(24)27)11-29-20(28)22-16-3-1-2-8-21-16/h1-5,8-9,15H,6-7,10-11H2,(H,21,22,28)(H,23,25,26). The molecule has 0 radical (unpaired) electrons. The van der Waals surface area contributed by atoms with Gasteiger partial charge in [0, 0.05) is 24.7 Å². The molecule has 2 aromatic rings. The molecule has 148 valence electrons. The molecule has 2 aliphatic rings. The van der Waals surface area contributed by atoms with Gasteiger partial charge in [-0.05, 0) is 35.7 Å². The van der Waals surface area contributed by atoms with Crippen LogP contribution in [0.15, 0.2) is 42.6 Å². The third-order valence-electron chi connectivity index (χ3n) is 4.86. The van der Waals surface area contributed by atoms with Gasteiger partial charge in [-0.2, -0.15) is 0 Å². The van der Waals surface area contributed by atoms with Crippen molar-refractivity contribution in [3.05, 3.63) is 59.3 Å². The van der Waals surface area contributed by atoms with Crippen molar-refractivity contribution in [2.75, 3.05) is 5.32 Å². The minimum atomic E-state index is -0.656. The molecule has 1 aromatic heterocycles. The normalized spacial score (nSPS) is 18.3. The summed E-state index contributed by atoms with van der Waals surface area (Å²) < 4.78 is 5.18. The first-order valence-corrected chi connectivity index (χ1v) is 9.12. The summed E-state index contributed by atoms with van der Waals surface area (Å²) in [7, 11) is 0. The van der Waals surface area contributed by atoms with Gasteiger partial charge in [0.15, 0.2) is 0 Å². The lowest BCUT2D eigenvalue weighted by molar-refractivity contribution is -0.136. The Morgan fingerprint density at radius 2 is 2.10 bits per heavy atom. The maximum Gasteiger partial charge on any atom is 0.413 e. The van der Waals surface area contributed by atoms with Crippen LogP contribution in [-0.2, 0) is 27.5 Å². The number of ether oxygens (including phenoxy) is 1. The van der Waals surface area contributed by atoms with Gasteiger partial charge in [0.1, 0.15) is 18.5 Å². The molecule has 29 heavy (non-hydrogen) atoms. The molecule has 1 saturated heterocycles. The zero-order valence-corrected chi connectivity index (χ0v) is 15.4. The van der Waals surface area contributed by atoms with Gasteiger partial charge >= 0.3 is 6.09 Å². The Bertz CT molecular complexity index is 992. The van der Waals surface area contributed by atoms with E-state index < -0.39 is 18.0 Å². The summed E-state index contributed by atoms with van der Waals surface area (Å²) in [5.74, 6) is -0.660. The number of hydrogen-bond donors (Lipinski definition) is 2. The van der Waals surface area contributed by atoms with E-state index in [1.54, 1.807) is 42.6 Å². The van der Waals surface area contributed by atoms with E-state index in [1.165, 1.54) is 4.90 Å². The molecule has 1 unspecified atom stereocenters. The SMILES string of the molecule is O=C1CCC(N2Cc3ccc(COC(=O)Nc4ccccn4)cc3C2=O)C(=O)N1. The minimum absolute atomic E-state index is 0.0162. The van der Waals surface area contributed by atoms with Gasteiger partial charge < -0.3 is 9.64 Å². The van der Waals surface area contributed by atoms with Gasteiger partial charge in [0.05, 0.1) is 0 Å². The highest BCUT2D eigenvalue weighted by Gasteiger charge is 2.39. The zero-order chi connectivity index (χ0) is 20.4. The van der Waals surface area contributed by atoms with Crippen LogP contribution < -0.4 is 10.6 Å². The molecule has 9 heteroatoms. The summed E-state index contributed by atoms with van der Waals surface area (Å²) in [4.78, 5) is 53.5. The monoisotopic (exact) mass is 394 g/mol. The van der Waals surface area contributed by atoms with Gasteiger partial charge in [0.2, 0.25) is 11.8 Å². The Morgan fingerprint density at radius 3 is 2.86 bits per heavy atom. The molecule has 0 aliphatic carbocycles. The highest BCUT2D eigenvalue weighted by molar-refractivity contribution is 6.05. The van der Waals surface area contributed by atoms with E-state index in [2.05, 4.69) is 15.6 Å². The average Bonchev–Trinajstić information content (AvgIpc) is 3.03. The molecule has 4 amide bonds. The second-order valence-electron chi connectivity index (χ2n) is 6.81. The minimum Gasteiger partial charge on any atom is -0.444 e. The number of hydrogen-bond acceptors (Lipinski definition) is 6. The lowest BCUT2D eigenvalue weighted by Gasteiger charge is -2.29. The number of pyridine rings is 1. The fourth-order valence-electron chi connectivity index (χ4n) is 3.42. The van der Waals surface area contributed by atoms with Crippen LogP contribution in [-0.4, -0.2) is 39.7 Å². The van der Waals surface area contributed by atoms with E-state index in [-0.39, 0.29) is 24.8 Å². The van der Waals surface area contributed by atoms with Crippen LogP contribution in [0, 0.1) is 0 Å². The van der Waals surface area contributed by atoms with Crippen molar-refractivity contribution in [3.8, 4) is 0 Å². The number of amides is 4. The van der Waals surface area contributed by atoms with Gasteiger partial charge in [-0.1, -0.05) is 18.2 Å². The number of nitrogens with one attached hydrogen (secondary N) is 2. The van der Waals surface area contributed by atoms with Crippen molar-refractivity contribution in [3.63, 3.8) is 0 Å². The number of imide groups is 1. The molecule has 0 saturated carbocycles. The quantitative estimate of drug-likeness (QED) is 0.761. The van der Waals surface area contributed by atoms with Crippen LogP contribution in [0.3, 0.4) is 0 Å². The van der Waals surface area contributed by atoms with Crippen molar-refractivity contribution in [2.45, 2.75) is 32.0 Å². The molecule has 0 spiro atoms. The van der Waals surface area contributed by atoms with E-state index in [1.807, 2.05) is 0 Å². The third kappa shape index (κ3) is 3.93. The maximum atomic E-state index is 12.8. The smallest absolute Gasteiger partial charge is 0.413 e. The molecule has 0 bridgehead atoms. The predicted octanol–water partition coefficient (Wildman–Crippen LogP) is 1.59. The molecular formula is C20H18N4O5. The van der Waals surface area contributed by atoms with Gasteiger partial charge in [-0.3, -0.25) is 25.0 Å². The first-order valence-electron chi connectivity index (χ1n) is 9.12. The maximum absolute atomic E-state index is 12.8. The van der Waals surface area contributed by atoms with E-state index in [0.717, 1.165) is 5.56 Å². The van der Waals surface area contributed by atoms with Crippen LogP contribution in [0.4, 0.5) is 10.6 Å². The lowest BCUT2D eigenvalue weighted by atomic mass is 10.0. The van der Waals surface area contributed by atoms with Crippen molar-refractivity contribution < 1.29 is 23.9 Å². The molecule has 4 rings (SSSR count). The Hall–Kier alpha value is -3.75. The second kappa shape index (κ2) is 7.70. The van der Waals surface area contributed by atoms with Crippen LogP contribution in [0.2, 0.25) is 0 Å². The summed E-state index contributed by atoms with van der Waals surface area (Å²) in [5, 5.41) is 4.79. The van der Waals surface area contributed by atoms with Crippen LogP contribution >= 0.6 is 0 Å². The number of anilines is 1. The molecule has 2 N–H and O–H groups in total. The summed E-state index contributed by atoms with van der Waals surface area (Å²) in [6.45, 7) is 0.291. The Labute approximate surface area is 166 Å². The van der Waals surface area contributed by atoms with Crippen molar-refractivity contribution in [1.82, 2.24) is 15.2 Å². The number of carbonyl (C=O) groups excluding carboxylic acids is 4. The van der Waals surface area contributed by atoms with E-state index in [9.17, 15) is 19.2 Å². The van der Waals surface area contributed by atoms with E-state index >= 15 is 0 Å². The average molecular weight is 394 g/mol. The number of rotatable bonds is 4. The summed E-state index contributed by atoms with van der Waals surface area (Å²) in [6.07, 6.45) is 1.42. The van der Waals surface area contributed by atoms with E-state index in [4.69, 9.17) is 4.74 Å². The number of benzene rings is 1. The summed E-state index contributed by atoms with van der Waals surface area (Å²) in [5.41, 5.74) is 1.92. The number of nitrogens with zero attached hydrogens (tertiary/aromatic N) is 2. The fourth-order valence-corrected chi connectivity index (χ4v) is 3.42. The summed E-state index contributed by atoms with van der Waals surface area (Å²) in [6, 6.07) is 9.68. The molecule has 1 fully saturated rings. The second-order valence-corrected chi connectivity index (χ2v) is 6.81. The third-order valence-corrected chi connectivity index (χ3v) is 4.86. The Morgan fingerprint density at radius 1 is 1.24 bits per heavy atom. The lowest BCUT2D eigenvalue weighted by Crippen LogP contribution is -2.52. The number of fused-ring (bicyclic) bond motifs is 1. The Balaban J connectivity index is 1.39. The number of carbonyl (C=O) groups is 4. The number of piperidine rings is 1. The van der Waals surface area contributed by atoms with Crippen LogP contribution in [0.1, 0.15) is 34.3 Å². The van der Waals surface area contributed by atoms with E-state index in [0.29, 0.717) is 29.9 Å². The highest BCUT2D eigenvalue weighted by atomic mass is 16.5. The van der Waals surface area contributed by atoms with Crippen molar-refractivity contribution in [1.29, 1.82) is 0 Å².